The first-order chi connectivity index (χ1) is 10.3. The first kappa shape index (κ1) is 14.5. The van der Waals surface area contributed by atoms with E-state index in [1.54, 1.807) is 13.0 Å². The maximum atomic E-state index is 12.4. The predicted octanol–water partition coefficient (Wildman–Crippen LogP) is 1.75. The maximum Gasteiger partial charge on any atom is 0.471 e. The van der Waals surface area contributed by atoms with E-state index in [0.29, 0.717) is 13.0 Å². The molecule has 7 nitrogen and oxygen atoms in total. The number of carbonyl (C=O) groups excluding carboxylic acids is 1. The Kier molecular flexibility index (Phi) is 3.38. The minimum atomic E-state index is -4.66. The summed E-state index contributed by atoms with van der Waals surface area (Å²) in [7, 11) is 0. The van der Waals surface area contributed by atoms with E-state index in [0.717, 1.165) is 5.69 Å². The smallest absolute Gasteiger partial charge is 0.336 e. The normalized spacial score (nSPS) is 18.9. The van der Waals surface area contributed by atoms with Gasteiger partial charge >= 0.3 is 12.1 Å². The summed E-state index contributed by atoms with van der Waals surface area (Å²) >= 11 is 0. The van der Waals surface area contributed by atoms with Crippen molar-refractivity contribution < 1.29 is 22.5 Å². The van der Waals surface area contributed by atoms with Gasteiger partial charge in [0.1, 0.15) is 5.69 Å². The Balaban J connectivity index is 1.70. The molecule has 3 heterocycles. The number of nitrogens with one attached hydrogen (secondary N) is 1. The Morgan fingerprint density at radius 3 is 2.86 bits per heavy atom. The lowest BCUT2D eigenvalue weighted by molar-refractivity contribution is -0.159. The van der Waals surface area contributed by atoms with Crippen LogP contribution in [0.1, 0.15) is 40.2 Å². The van der Waals surface area contributed by atoms with Crippen LogP contribution in [-0.4, -0.2) is 44.2 Å². The minimum Gasteiger partial charge on any atom is -0.336 e. The van der Waals surface area contributed by atoms with Gasteiger partial charge in [0.05, 0.1) is 0 Å². The van der Waals surface area contributed by atoms with E-state index in [1.165, 1.54) is 4.90 Å². The lowest BCUT2D eigenvalue weighted by Crippen LogP contribution is -2.28. The topological polar surface area (TPSA) is 87.9 Å². The summed E-state index contributed by atoms with van der Waals surface area (Å²) in [6.45, 7) is 2.42. The number of rotatable bonds is 2. The van der Waals surface area contributed by atoms with Crippen LogP contribution in [0.4, 0.5) is 13.2 Å². The SMILES string of the molecule is Cc1cc(C(=O)N2CC[C@H](c3noc(C(F)(F)F)n3)C2)n[nH]1. The summed E-state index contributed by atoms with van der Waals surface area (Å²) in [6.07, 6.45) is -4.18. The van der Waals surface area contributed by atoms with Gasteiger partial charge in [-0.1, -0.05) is 5.16 Å². The Labute approximate surface area is 122 Å². The van der Waals surface area contributed by atoms with Gasteiger partial charge in [-0.15, -0.1) is 0 Å². The number of alkyl halides is 3. The monoisotopic (exact) mass is 315 g/mol. The highest BCUT2D eigenvalue weighted by molar-refractivity contribution is 5.92. The molecule has 10 heteroatoms. The third-order valence-electron chi connectivity index (χ3n) is 3.45. The molecule has 1 aliphatic heterocycles. The molecule has 0 aromatic carbocycles. The summed E-state index contributed by atoms with van der Waals surface area (Å²) in [5, 5.41) is 9.92. The second kappa shape index (κ2) is 5.11. The van der Waals surface area contributed by atoms with Crippen molar-refractivity contribution in [3.63, 3.8) is 0 Å². The molecule has 118 valence electrons. The predicted molar refractivity (Wildman–Crippen MR) is 65.9 cm³/mol. The summed E-state index contributed by atoms with van der Waals surface area (Å²) < 4.78 is 41.6. The number of likely N-dealkylation sites (tertiary alicyclic amines) is 1. The lowest BCUT2D eigenvalue weighted by atomic mass is 10.1. The van der Waals surface area contributed by atoms with Crippen LogP contribution >= 0.6 is 0 Å². The first-order valence-corrected chi connectivity index (χ1v) is 6.56. The number of aryl methyl sites for hydroxylation is 1. The molecule has 1 saturated heterocycles. The van der Waals surface area contributed by atoms with E-state index < -0.39 is 12.1 Å². The molecule has 0 unspecified atom stereocenters. The van der Waals surface area contributed by atoms with Gasteiger partial charge in [0.15, 0.2) is 5.82 Å². The quantitative estimate of drug-likeness (QED) is 0.912. The van der Waals surface area contributed by atoms with E-state index in [1.807, 2.05) is 0 Å². The molecule has 1 amide bonds. The third-order valence-corrected chi connectivity index (χ3v) is 3.45. The highest BCUT2D eigenvalue weighted by Gasteiger charge is 2.40. The number of halogens is 3. The number of amides is 1. The molecule has 0 bridgehead atoms. The van der Waals surface area contributed by atoms with Crippen molar-refractivity contribution in [2.45, 2.75) is 25.4 Å². The molecule has 2 aromatic rings. The first-order valence-electron chi connectivity index (χ1n) is 6.56. The molecule has 0 saturated carbocycles. The molecule has 0 aliphatic carbocycles. The third kappa shape index (κ3) is 2.68. The fourth-order valence-corrected chi connectivity index (χ4v) is 2.36. The fraction of sp³-hybridized carbons (Fsp3) is 0.500. The van der Waals surface area contributed by atoms with Crippen molar-refractivity contribution in [1.29, 1.82) is 0 Å². The average Bonchev–Trinajstić information content (AvgIpc) is 3.16. The van der Waals surface area contributed by atoms with Crippen LogP contribution in [0.3, 0.4) is 0 Å². The molecular weight excluding hydrogens is 303 g/mol. The van der Waals surface area contributed by atoms with Crippen LogP contribution in [0.25, 0.3) is 0 Å². The van der Waals surface area contributed by atoms with Crippen molar-refractivity contribution in [2.75, 3.05) is 13.1 Å². The number of hydrogen-bond acceptors (Lipinski definition) is 5. The van der Waals surface area contributed by atoms with Gasteiger partial charge < -0.3 is 9.42 Å². The molecule has 1 fully saturated rings. The van der Waals surface area contributed by atoms with Crippen molar-refractivity contribution in [1.82, 2.24) is 25.2 Å². The molecule has 22 heavy (non-hydrogen) atoms. The fourth-order valence-electron chi connectivity index (χ4n) is 2.36. The van der Waals surface area contributed by atoms with Gasteiger partial charge in [-0.2, -0.15) is 23.3 Å². The van der Waals surface area contributed by atoms with Gasteiger partial charge in [0.25, 0.3) is 5.91 Å². The minimum absolute atomic E-state index is 0.0270. The molecule has 1 N–H and O–H groups in total. The van der Waals surface area contributed by atoms with Crippen LogP contribution in [-0.2, 0) is 6.18 Å². The van der Waals surface area contributed by atoms with Crippen molar-refractivity contribution in [3.8, 4) is 0 Å². The van der Waals surface area contributed by atoms with E-state index in [9.17, 15) is 18.0 Å². The molecular formula is C12H12F3N5O2. The zero-order valence-corrected chi connectivity index (χ0v) is 11.5. The molecule has 3 rings (SSSR count). The van der Waals surface area contributed by atoms with Gasteiger partial charge in [-0.05, 0) is 19.4 Å². The average molecular weight is 315 g/mol. The number of aromatic amines is 1. The van der Waals surface area contributed by atoms with E-state index >= 15 is 0 Å². The standard InChI is InChI=1S/C12H12F3N5O2/c1-6-4-8(18-17-6)10(21)20-3-2-7(5-20)9-16-11(22-19-9)12(13,14)15/h4,7H,2-3,5H2,1H3,(H,17,18)/t7-/m0/s1. The molecule has 0 spiro atoms. The van der Waals surface area contributed by atoms with Crippen molar-refractivity contribution >= 4 is 5.91 Å². The Hall–Kier alpha value is -2.39. The number of hydrogen-bond donors (Lipinski definition) is 1. The lowest BCUT2D eigenvalue weighted by Gasteiger charge is -2.13. The summed E-state index contributed by atoms with van der Waals surface area (Å²) in [4.78, 5) is 17.1. The largest absolute Gasteiger partial charge is 0.471 e. The number of H-pyrrole nitrogens is 1. The van der Waals surface area contributed by atoms with E-state index in [4.69, 9.17) is 0 Å². The number of aromatic nitrogens is 4. The maximum absolute atomic E-state index is 12.4. The van der Waals surface area contributed by atoms with E-state index in [2.05, 4.69) is 24.9 Å². The van der Waals surface area contributed by atoms with Crippen LogP contribution in [0.2, 0.25) is 0 Å². The summed E-state index contributed by atoms with van der Waals surface area (Å²) in [5.41, 5.74) is 1.04. The van der Waals surface area contributed by atoms with Crippen molar-refractivity contribution in [3.05, 3.63) is 29.2 Å². The Morgan fingerprint density at radius 2 is 2.27 bits per heavy atom. The summed E-state index contributed by atoms with van der Waals surface area (Å²) in [5.74, 6) is -2.04. The van der Waals surface area contributed by atoms with Crippen LogP contribution in [0.5, 0.6) is 0 Å². The van der Waals surface area contributed by atoms with Crippen molar-refractivity contribution in [2.24, 2.45) is 0 Å². The number of nitrogens with zero attached hydrogens (tertiary/aromatic N) is 4. The van der Waals surface area contributed by atoms with Crippen LogP contribution in [0, 0.1) is 6.92 Å². The number of carbonyl (C=O) groups is 1. The molecule has 0 radical (unpaired) electrons. The van der Waals surface area contributed by atoms with Gasteiger partial charge in [0.2, 0.25) is 0 Å². The van der Waals surface area contributed by atoms with Gasteiger partial charge in [-0.3, -0.25) is 9.89 Å². The van der Waals surface area contributed by atoms with Crippen LogP contribution in [0.15, 0.2) is 10.6 Å². The second-order valence-electron chi connectivity index (χ2n) is 5.13. The molecule has 1 atom stereocenters. The highest BCUT2D eigenvalue weighted by Crippen LogP contribution is 2.31. The second-order valence-corrected chi connectivity index (χ2v) is 5.13. The summed E-state index contributed by atoms with van der Waals surface area (Å²) in [6, 6.07) is 1.62. The van der Waals surface area contributed by atoms with Gasteiger partial charge in [-0.25, -0.2) is 0 Å². The Bertz CT molecular complexity index is 693. The Morgan fingerprint density at radius 1 is 1.50 bits per heavy atom. The van der Waals surface area contributed by atoms with E-state index in [-0.39, 0.29) is 29.9 Å². The highest BCUT2D eigenvalue weighted by atomic mass is 19.4. The zero-order chi connectivity index (χ0) is 15.9. The molecule has 1 aliphatic rings. The molecule has 2 aromatic heterocycles. The zero-order valence-electron chi connectivity index (χ0n) is 11.5. The van der Waals surface area contributed by atoms with Crippen LogP contribution < -0.4 is 0 Å². The van der Waals surface area contributed by atoms with Gasteiger partial charge in [0, 0.05) is 24.7 Å².